The van der Waals surface area contributed by atoms with E-state index in [1.807, 2.05) is 11.8 Å². The van der Waals surface area contributed by atoms with Crippen LogP contribution in [-0.2, 0) is 22.6 Å². The van der Waals surface area contributed by atoms with Gasteiger partial charge >= 0.3 is 12.1 Å². The second-order valence-corrected chi connectivity index (χ2v) is 9.76. The van der Waals surface area contributed by atoms with Crippen LogP contribution in [0.4, 0.5) is 24.5 Å². The van der Waals surface area contributed by atoms with Gasteiger partial charge in [0.25, 0.3) is 10.0 Å². The highest BCUT2D eigenvalue weighted by molar-refractivity contribution is 7.92. The summed E-state index contributed by atoms with van der Waals surface area (Å²) in [6.07, 6.45) is -0.0623. The monoisotopic (exact) mass is 484 g/mol. The average Bonchev–Trinajstić information content (AvgIpc) is 2.77. The van der Waals surface area contributed by atoms with Gasteiger partial charge in [-0.15, -0.1) is 0 Å². The highest BCUT2D eigenvalue weighted by atomic mass is 32.2. The van der Waals surface area contributed by atoms with Crippen molar-refractivity contribution in [1.82, 2.24) is 0 Å². The number of piperidine rings is 1. The molecule has 33 heavy (non-hydrogen) atoms. The molecule has 180 valence electrons. The molecule has 0 amide bonds. The van der Waals surface area contributed by atoms with E-state index < -0.39 is 27.7 Å². The van der Waals surface area contributed by atoms with Crippen molar-refractivity contribution < 1.29 is 31.5 Å². The highest BCUT2D eigenvalue weighted by Gasteiger charge is 2.32. The molecule has 1 saturated heterocycles. The zero-order valence-electron chi connectivity index (χ0n) is 18.3. The molecule has 0 atom stereocenters. The molecule has 1 aliphatic rings. The minimum atomic E-state index is -4.64. The number of carboxylic acid groups (broad SMARTS) is 1. The number of carboxylic acids is 1. The summed E-state index contributed by atoms with van der Waals surface area (Å²) < 4.78 is 69.2. The average molecular weight is 485 g/mol. The van der Waals surface area contributed by atoms with Crippen molar-refractivity contribution in [3.05, 3.63) is 53.1 Å². The summed E-state index contributed by atoms with van der Waals surface area (Å²) >= 11 is 0. The molecule has 0 aliphatic carbocycles. The Morgan fingerprint density at radius 2 is 1.79 bits per heavy atom. The zero-order chi connectivity index (χ0) is 24.2. The summed E-state index contributed by atoms with van der Waals surface area (Å²) in [5, 5.41) is 9.33. The standard InChI is InChI=1S/C23H27F3N2O4S/c1-2-3-7-16-8-9-17(22(29)30)14-21(16)33(31,32)27-19-15-18(23(24,25)26)10-11-20(19)28-12-5-4-6-13-28/h8-11,14-15,27H,2-7,12-13H2,1H3,(H,29,30). The van der Waals surface area contributed by atoms with E-state index in [2.05, 4.69) is 4.72 Å². The van der Waals surface area contributed by atoms with E-state index >= 15 is 0 Å². The van der Waals surface area contributed by atoms with Crippen molar-refractivity contribution >= 4 is 27.4 Å². The van der Waals surface area contributed by atoms with Crippen LogP contribution in [0, 0.1) is 0 Å². The molecule has 1 heterocycles. The number of unbranched alkanes of at least 4 members (excludes halogenated alkanes) is 1. The van der Waals surface area contributed by atoms with Crippen molar-refractivity contribution in [1.29, 1.82) is 0 Å². The number of aryl methyl sites for hydroxylation is 1. The number of alkyl halides is 3. The van der Waals surface area contributed by atoms with Gasteiger partial charge in [0.1, 0.15) is 0 Å². The summed E-state index contributed by atoms with van der Waals surface area (Å²) in [4.78, 5) is 13.1. The largest absolute Gasteiger partial charge is 0.478 e. The molecule has 0 unspecified atom stereocenters. The van der Waals surface area contributed by atoms with Gasteiger partial charge < -0.3 is 10.0 Å². The zero-order valence-corrected chi connectivity index (χ0v) is 19.1. The minimum Gasteiger partial charge on any atom is -0.478 e. The van der Waals surface area contributed by atoms with E-state index in [1.165, 1.54) is 18.2 Å². The highest BCUT2D eigenvalue weighted by Crippen LogP contribution is 2.37. The fourth-order valence-corrected chi connectivity index (χ4v) is 5.28. The number of sulfonamides is 1. The molecule has 2 aromatic carbocycles. The van der Waals surface area contributed by atoms with Crippen LogP contribution in [0.15, 0.2) is 41.3 Å². The third-order valence-electron chi connectivity index (χ3n) is 5.67. The Morgan fingerprint density at radius 1 is 1.09 bits per heavy atom. The van der Waals surface area contributed by atoms with Gasteiger partial charge in [-0.3, -0.25) is 4.72 Å². The molecular weight excluding hydrogens is 457 g/mol. The van der Waals surface area contributed by atoms with Crippen molar-refractivity contribution in [2.75, 3.05) is 22.7 Å². The number of anilines is 2. The van der Waals surface area contributed by atoms with Gasteiger partial charge in [0.2, 0.25) is 0 Å². The lowest BCUT2D eigenvalue weighted by Crippen LogP contribution is -2.30. The fraction of sp³-hybridized carbons (Fsp3) is 0.435. The Labute approximate surface area is 191 Å². The summed E-state index contributed by atoms with van der Waals surface area (Å²) in [6, 6.07) is 6.87. The first-order valence-electron chi connectivity index (χ1n) is 10.9. The lowest BCUT2D eigenvalue weighted by molar-refractivity contribution is -0.137. The molecule has 6 nitrogen and oxygen atoms in total. The molecule has 1 aliphatic heterocycles. The second-order valence-electron chi connectivity index (χ2n) is 8.11. The minimum absolute atomic E-state index is 0.172. The first-order chi connectivity index (χ1) is 15.5. The molecule has 0 aromatic heterocycles. The predicted molar refractivity (Wildman–Crippen MR) is 120 cm³/mol. The molecule has 0 bridgehead atoms. The van der Waals surface area contributed by atoms with Crippen LogP contribution in [0.25, 0.3) is 0 Å². The maximum absolute atomic E-state index is 13.4. The Hall–Kier alpha value is -2.75. The third kappa shape index (κ3) is 5.98. The van der Waals surface area contributed by atoms with Crippen molar-refractivity contribution in [2.45, 2.75) is 56.5 Å². The van der Waals surface area contributed by atoms with Crippen LogP contribution >= 0.6 is 0 Å². The smallest absolute Gasteiger partial charge is 0.416 e. The number of rotatable bonds is 8. The fourth-order valence-electron chi connectivity index (χ4n) is 3.92. The van der Waals surface area contributed by atoms with Gasteiger partial charge in [-0.2, -0.15) is 13.2 Å². The first-order valence-corrected chi connectivity index (χ1v) is 12.4. The summed E-state index contributed by atoms with van der Waals surface area (Å²) in [5.41, 5.74) is -0.562. The number of carbonyl (C=O) groups is 1. The maximum Gasteiger partial charge on any atom is 0.416 e. The van der Waals surface area contributed by atoms with Gasteiger partial charge in [0.15, 0.2) is 0 Å². The molecular formula is C23H27F3N2O4S. The molecule has 1 fully saturated rings. The quantitative estimate of drug-likeness (QED) is 0.514. The van der Waals surface area contributed by atoms with E-state index in [4.69, 9.17) is 0 Å². The number of nitrogens with zero attached hydrogens (tertiary/aromatic N) is 1. The summed E-state index contributed by atoms with van der Waals surface area (Å²) in [6.45, 7) is 3.15. The third-order valence-corrected chi connectivity index (χ3v) is 7.12. The van der Waals surface area contributed by atoms with E-state index in [0.29, 0.717) is 37.2 Å². The lowest BCUT2D eigenvalue weighted by atomic mass is 10.1. The first kappa shape index (κ1) is 24.9. The van der Waals surface area contributed by atoms with Crippen LogP contribution in [0.1, 0.15) is 60.5 Å². The van der Waals surface area contributed by atoms with E-state index in [-0.39, 0.29) is 16.1 Å². The van der Waals surface area contributed by atoms with Crippen molar-refractivity contribution in [2.24, 2.45) is 0 Å². The number of benzene rings is 2. The van der Waals surface area contributed by atoms with Crippen LogP contribution in [0.5, 0.6) is 0 Å². The van der Waals surface area contributed by atoms with Crippen LogP contribution < -0.4 is 9.62 Å². The molecule has 0 saturated carbocycles. The number of hydrogen-bond donors (Lipinski definition) is 2. The van der Waals surface area contributed by atoms with Gasteiger partial charge in [0, 0.05) is 13.1 Å². The lowest BCUT2D eigenvalue weighted by Gasteiger charge is -2.31. The SMILES string of the molecule is CCCCc1ccc(C(=O)O)cc1S(=O)(=O)Nc1cc(C(F)(F)F)ccc1N1CCCCC1. The Kier molecular flexibility index (Phi) is 7.56. The van der Waals surface area contributed by atoms with Crippen molar-refractivity contribution in [3.8, 4) is 0 Å². The summed E-state index contributed by atoms with van der Waals surface area (Å²) in [5.74, 6) is -1.29. The Balaban J connectivity index is 2.08. The Bertz CT molecular complexity index is 1110. The molecule has 0 spiro atoms. The number of halogens is 3. The second kappa shape index (κ2) is 10.0. The normalized spacial score (nSPS) is 14.8. The van der Waals surface area contributed by atoms with Gasteiger partial charge in [0.05, 0.1) is 27.4 Å². The van der Waals surface area contributed by atoms with Crippen LogP contribution in [0.2, 0.25) is 0 Å². The topological polar surface area (TPSA) is 86.7 Å². The summed E-state index contributed by atoms with van der Waals surface area (Å²) in [7, 11) is -4.36. The van der Waals surface area contributed by atoms with Crippen LogP contribution in [0.3, 0.4) is 0 Å². The maximum atomic E-state index is 13.4. The molecule has 3 rings (SSSR count). The molecule has 10 heteroatoms. The molecule has 2 N–H and O–H groups in total. The van der Waals surface area contributed by atoms with E-state index in [9.17, 15) is 31.5 Å². The number of nitrogens with one attached hydrogen (secondary N) is 1. The number of aromatic carboxylic acids is 1. The van der Waals surface area contributed by atoms with E-state index in [1.54, 1.807) is 0 Å². The Morgan fingerprint density at radius 3 is 2.39 bits per heavy atom. The van der Waals surface area contributed by atoms with Gasteiger partial charge in [-0.05, 0) is 68.0 Å². The molecule has 0 radical (unpaired) electrons. The van der Waals surface area contributed by atoms with Crippen LogP contribution in [-0.4, -0.2) is 32.6 Å². The van der Waals surface area contributed by atoms with Gasteiger partial charge in [-0.25, -0.2) is 13.2 Å². The predicted octanol–water partition coefficient (Wildman–Crippen LogP) is 5.54. The van der Waals surface area contributed by atoms with Crippen molar-refractivity contribution in [3.63, 3.8) is 0 Å². The van der Waals surface area contributed by atoms with Gasteiger partial charge in [-0.1, -0.05) is 19.4 Å². The van der Waals surface area contributed by atoms with E-state index in [0.717, 1.165) is 43.9 Å². The number of hydrogen-bond acceptors (Lipinski definition) is 4. The molecule has 2 aromatic rings.